The molecule has 0 fully saturated rings. The molecule has 1 N–H and O–H groups in total. The van der Waals surface area contributed by atoms with Gasteiger partial charge in [-0.25, -0.2) is 4.98 Å². The number of hydrogen-bond donors (Lipinski definition) is 1. The number of rotatable bonds is 4. The molecular weight excluding hydrogens is 308 g/mol. The van der Waals surface area contributed by atoms with Gasteiger partial charge < -0.3 is 4.74 Å². The predicted octanol–water partition coefficient (Wildman–Crippen LogP) is 4.27. The Morgan fingerprint density at radius 3 is 2.70 bits per heavy atom. The molecule has 0 unspecified atom stereocenters. The minimum Gasteiger partial charge on any atom is -0.497 e. The maximum atomic E-state index is 12.0. The van der Waals surface area contributed by atoms with E-state index < -0.39 is 0 Å². The van der Waals surface area contributed by atoms with Crippen LogP contribution in [0.25, 0.3) is 16.3 Å². The van der Waals surface area contributed by atoms with E-state index in [1.54, 1.807) is 13.2 Å². The van der Waals surface area contributed by atoms with Gasteiger partial charge in [0, 0.05) is 6.08 Å². The lowest BCUT2D eigenvalue weighted by atomic mass is 10.2. The SMILES string of the molecule is COc1ccc(/C=C/C(=O)Nc2nc3c(C)cccc3s2)cc1. The minimum absolute atomic E-state index is 0.197. The number of aryl methyl sites for hydroxylation is 1. The zero-order valence-corrected chi connectivity index (χ0v) is 13.7. The predicted molar refractivity (Wildman–Crippen MR) is 95.0 cm³/mol. The van der Waals surface area contributed by atoms with Gasteiger partial charge in [-0.2, -0.15) is 0 Å². The molecule has 0 bridgehead atoms. The van der Waals surface area contributed by atoms with E-state index in [0.29, 0.717) is 5.13 Å². The third kappa shape index (κ3) is 3.57. The normalized spacial score (nSPS) is 11.0. The molecule has 0 saturated carbocycles. The second-order valence-corrected chi connectivity index (χ2v) is 6.07. The van der Waals surface area contributed by atoms with Crippen molar-refractivity contribution in [1.29, 1.82) is 0 Å². The minimum atomic E-state index is -0.197. The number of methoxy groups -OCH3 is 1. The Labute approximate surface area is 138 Å². The van der Waals surface area contributed by atoms with Crippen molar-refractivity contribution in [3.05, 3.63) is 59.7 Å². The summed E-state index contributed by atoms with van der Waals surface area (Å²) in [5.41, 5.74) is 2.97. The third-order valence-corrected chi connectivity index (χ3v) is 4.33. The number of ether oxygens (including phenoxy) is 1. The van der Waals surface area contributed by atoms with Crippen molar-refractivity contribution in [2.75, 3.05) is 12.4 Å². The second-order valence-electron chi connectivity index (χ2n) is 5.04. The maximum Gasteiger partial charge on any atom is 0.250 e. The smallest absolute Gasteiger partial charge is 0.250 e. The highest BCUT2D eigenvalue weighted by Gasteiger charge is 2.07. The van der Waals surface area contributed by atoms with Gasteiger partial charge in [0.25, 0.3) is 0 Å². The standard InChI is InChI=1S/C18H16N2O2S/c1-12-4-3-5-15-17(12)20-18(23-15)19-16(21)11-8-13-6-9-14(22-2)10-7-13/h3-11H,1-2H3,(H,19,20,21)/b11-8+. The fraction of sp³-hybridized carbons (Fsp3) is 0.111. The molecule has 2 aromatic carbocycles. The quantitative estimate of drug-likeness (QED) is 0.729. The monoisotopic (exact) mass is 324 g/mol. The molecule has 0 spiro atoms. The number of aromatic nitrogens is 1. The van der Waals surface area contributed by atoms with Crippen molar-refractivity contribution in [2.24, 2.45) is 0 Å². The van der Waals surface area contributed by atoms with Crippen molar-refractivity contribution in [3.63, 3.8) is 0 Å². The topological polar surface area (TPSA) is 51.2 Å². The number of nitrogens with zero attached hydrogens (tertiary/aromatic N) is 1. The number of hydrogen-bond acceptors (Lipinski definition) is 4. The number of para-hydroxylation sites is 1. The first kappa shape index (κ1) is 15.2. The lowest BCUT2D eigenvalue weighted by molar-refractivity contribution is -0.111. The molecule has 0 atom stereocenters. The van der Waals surface area contributed by atoms with Crippen LogP contribution in [0.1, 0.15) is 11.1 Å². The fourth-order valence-corrected chi connectivity index (χ4v) is 3.12. The second kappa shape index (κ2) is 6.62. The van der Waals surface area contributed by atoms with E-state index in [4.69, 9.17) is 4.74 Å². The lowest BCUT2D eigenvalue weighted by Gasteiger charge is -1.99. The molecule has 0 saturated heterocycles. The largest absolute Gasteiger partial charge is 0.497 e. The number of nitrogens with one attached hydrogen (secondary N) is 1. The molecule has 0 aliphatic carbocycles. The molecule has 0 radical (unpaired) electrons. The highest BCUT2D eigenvalue weighted by atomic mass is 32.1. The summed E-state index contributed by atoms with van der Waals surface area (Å²) >= 11 is 1.47. The van der Waals surface area contributed by atoms with E-state index in [2.05, 4.69) is 10.3 Å². The van der Waals surface area contributed by atoms with Crippen LogP contribution < -0.4 is 10.1 Å². The van der Waals surface area contributed by atoms with Crippen molar-refractivity contribution < 1.29 is 9.53 Å². The van der Waals surface area contributed by atoms with Gasteiger partial charge in [-0.1, -0.05) is 35.6 Å². The number of amides is 1. The summed E-state index contributed by atoms with van der Waals surface area (Å²) in [7, 11) is 1.62. The van der Waals surface area contributed by atoms with Crippen molar-refractivity contribution in [3.8, 4) is 5.75 Å². The molecule has 1 aromatic heterocycles. The summed E-state index contributed by atoms with van der Waals surface area (Å²) < 4.78 is 6.17. The molecule has 116 valence electrons. The average molecular weight is 324 g/mol. The first-order valence-electron chi connectivity index (χ1n) is 7.15. The molecule has 3 rings (SSSR count). The first-order valence-corrected chi connectivity index (χ1v) is 7.96. The van der Waals surface area contributed by atoms with Gasteiger partial charge in [0.15, 0.2) is 5.13 Å². The number of anilines is 1. The Bertz CT molecular complexity index is 866. The van der Waals surface area contributed by atoms with Crippen LogP contribution in [0.3, 0.4) is 0 Å². The number of thiazole rings is 1. The molecule has 3 aromatic rings. The van der Waals surface area contributed by atoms with Crippen molar-refractivity contribution in [2.45, 2.75) is 6.92 Å². The van der Waals surface area contributed by atoms with Gasteiger partial charge in [-0.15, -0.1) is 0 Å². The third-order valence-electron chi connectivity index (χ3n) is 3.39. The average Bonchev–Trinajstić information content (AvgIpc) is 2.97. The molecule has 4 nitrogen and oxygen atoms in total. The van der Waals surface area contributed by atoms with Crippen LogP contribution in [0.4, 0.5) is 5.13 Å². The van der Waals surface area contributed by atoms with Gasteiger partial charge >= 0.3 is 0 Å². The number of fused-ring (bicyclic) bond motifs is 1. The van der Waals surface area contributed by atoms with Crippen LogP contribution >= 0.6 is 11.3 Å². The molecule has 0 aliphatic heterocycles. The first-order chi connectivity index (χ1) is 11.2. The van der Waals surface area contributed by atoms with Crippen LogP contribution in [0.2, 0.25) is 0 Å². The van der Waals surface area contributed by atoms with Crippen LogP contribution in [-0.2, 0) is 4.79 Å². The van der Waals surface area contributed by atoms with Crippen molar-refractivity contribution in [1.82, 2.24) is 4.98 Å². The zero-order valence-electron chi connectivity index (χ0n) is 12.9. The van der Waals surface area contributed by atoms with Crippen LogP contribution in [0.15, 0.2) is 48.5 Å². The summed E-state index contributed by atoms with van der Waals surface area (Å²) in [5.74, 6) is 0.592. The Balaban J connectivity index is 1.70. The van der Waals surface area contributed by atoms with Gasteiger partial charge in [0.1, 0.15) is 5.75 Å². The van der Waals surface area contributed by atoms with Crippen LogP contribution in [-0.4, -0.2) is 18.0 Å². The van der Waals surface area contributed by atoms with Gasteiger partial charge in [0.2, 0.25) is 5.91 Å². The van der Waals surface area contributed by atoms with E-state index in [1.165, 1.54) is 17.4 Å². The molecule has 23 heavy (non-hydrogen) atoms. The molecular formula is C18H16N2O2S. The molecule has 5 heteroatoms. The number of benzene rings is 2. The van der Waals surface area contributed by atoms with Gasteiger partial charge in [-0.3, -0.25) is 10.1 Å². The summed E-state index contributed by atoms with van der Waals surface area (Å²) in [5, 5.41) is 3.42. The lowest BCUT2D eigenvalue weighted by Crippen LogP contribution is -2.07. The highest BCUT2D eigenvalue weighted by Crippen LogP contribution is 2.27. The summed E-state index contributed by atoms with van der Waals surface area (Å²) in [6.07, 6.45) is 3.26. The van der Waals surface area contributed by atoms with Gasteiger partial charge in [0.05, 0.1) is 17.3 Å². The Kier molecular flexibility index (Phi) is 4.39. The highest BCUT2D eigenvalue weighted by molar-refractivity contribution is 7.22. The van der Waals surface area contributed by atoms with E-state index in [9.17, 15) is 4.79 Å². The zero-order chi connectivity index (χ0) is 16.2. The van der Waals surface area contributed by atoms with Crippen LogP contribution in [0, 0.1) is 6.92 Å². The van der Waals surface area contributed by atoms with E-state index in [-0.39, 0.29) is 5.91 Å². The van der Waals surface area contributed by atoms with E-state index in [0.717, 1.165) is 27.1 Å². The molecule has 1 amide bonds. The Morgan fingerprint density at radius 2 is 2.00 bits per heavy atom. The maximum absolute atomic E-state index is 12.0. The van der Waals surface area contributed by atoms with Gasteiger partial charge in [-0.05, 0) is 42.3 Å². The number of carbonyl (C=O) groups is 1. The number of carbonyl (C=O) groups excluding carboxylic acids is 1. The summed E-state index contributed by atoms with van der Waals surface area (Å²) in [6.45, 7) is 2.01. The van der Waals surface area contributed by atoms with E-state index in [1.807, 2.05) is 49.4 Å². The fourth-order valence-electron chi connectivity index (χ4n) is 2.17. The van der Waals surface area contributed by atoms with E-state index >= 15 is 0 Å². The Morgan fingerprint density at radius 1 is 1.22 bits per heavy atom. The molecule has 1 heterocycles. The van der Waals surface area contributed by atoms with Crippen molar-refractivity contribution >= 4 is 38.7 Å². The summed E-state index contributed by atoms with van der Waals surface area (Å²) in [6, 6.07) is 13.5. The van der Waals surface area contributed by atoms with Crippen LogP contribution in [0.5, 0.6) is 5.75 Å². The Hall–Kier alpha value is -2.66. The molecule has 0 aliphatic rings. The summed E-state index contributed by atoms with van der Waals surface area (Å²) in [4.78, 5) is 16.5.